The van der Waals surface area contributed by atoms with E-state index in [-0.39, 0.29) is 11.5 Å². The van der Waals surface area contributed by atoms with Gasteiger partial charge in [-0.25, -0.2) is 0 Å². The standard InChI is InChI=1S/C15H26O/c1-12-6-5-7-13(2)10-14(16)11-15(3,4)9-8-12/h7-8,14,16H,5-6,9-11H2,1-4H3. The van der Waals surface area contributed by atoms with Crippen LogP contribution in [0.25, 0.3) is 0 Å². The summed E-state index contributed by atoms with van der Waals surface area (Å²) in [6.45, 7) is 8.84. The van der Waals surface area contributed by atoms with Crippen LogP contribution < -0.4 is 0 Å². The summed E-state index contributed by atoms with van der Waals surface area (Å²) in [5.74, 6) is 0. The SMILES string of the molecule is CC1=CCC(C)(C)CC(O)CC(C)=CCC1. The first kappa shape index (κ1) is 13.5. The molecule has 1 nitrogen and oxygen atoms in total. The van der Waals surface area contributed by atoms with E-state index in [4.69, 9.17) is 0 Å². The van der Waals surface area contributed by atoms with E-state index in [1.54, 1.807) is 0 Å². The molecule has 0 aromatic carbocycles. The zero-order valence-corrected chi connectivity index (χ0v) is 11.2. The summed E-state index contributed by atoms with van der Waals surface area (Å²) in [5, 5.41) is 10.0. The highest BCUT2D eigenvalue weighted by Crippen LogP contribution is 2.30. The van der Waals surface area contributed by atoms with Crippen LogP contribution in [0.15, 0.2) is 23.3 Å². The Balaban J connectivity index is 2.77. The van der Waals surface area contributed by atoms with E-state index in [2.05, 4.69) is 39.8 Å². The highest BCUT2D eigenvalue weighted by atomic mass is 16.3. The average Bonchev–Trinajstić information content (AvgIpc) is 2.14. The molecule has 1 N–H and O–H groups in total. The van der Waals surface area contributed by atoms with Gasteiger partial charge in [0.25, 0.3) is 0 Å². The Labute approximate surface area is 100 Å². The second-order valence-corrected chi connectivity index (χ2v) is 6.07. The molecule has 1 rings (SSSR count). The maximum atomic E-state index is 10.0. The first-order valence-corrected chi connectivity index (χ1v) is 6.38. The van der Waals surface area contributed by atoms with Crippen LogP contribution in [0.5, 0.6) is 0 Å². The van der Waals surface area contributed by atoms with Gasteiger partial charge in [-0.1, -0.05) is 37.1 Å². The molecule has 0 bridgehead atoms. The van der Waals surface area contributed by atoms with Crippen molar-refractivity contribution in [3.05, 3.63) is 23.3 Å². The van der Waals surface area contributed by atoms with Gasteiger partial charge in [-0.15, -0.1) is 0 Å². The van der Waals surface area contributed by atoms with Crippen LogP contribution in [0.1, 0.15) is 59.8 Å². The van der Waals surface area contributed by atoms with Gasteiger partial charge in [0, 0.05) is 0 Å². The van der Waals surface area contributed by atoms with Crippen molar-refractivity contribution in [2.75, 3.05) is 0 Å². The van der Waals surface area contributed by atoms with E-state index in [9.17, 15) is 5.11 Å². The average molecular weight is 222 g/mol. The molecule has 0 aliphatic heterocycles. The Hall–Kier alpha value is -0.560. The number of hydrogen-bond acceptors (Lipinski definition) is 1. The summed E-state index contributed by atoms with van der Waals surface area (Å²) in [7, 11) is 0. The third kappa shape index (κ3) is 4.98. The van der Waals surface area contributed by atoms with Crippen molar-refractivity contribution in [1.29, 1.82) is 0 Å². The van der Waals surface area contributed by atoms with Crippen molar-refractivity contribution in [3.63, 3.8) is 0 Å². The molecular formula is C15H26O. The zero-order valence-electron chi connectivity index (χ0n) is 11.2. The summed E-state index contributed by atoms with van der Waals surface area (Å²) in [6, 6.07) is 0. The predicted octanol–water partition coefficient (Wildman–Crippen LogP) is 4.23. The maximum absolute atomic E-state index is 10.0. The third-order valence-electron chi connectivity index (χ3n) is 3.38. The van der Waals surface area contributed by atoms with Crippen molar-refractivity contribution in [2.24, 2.45) is 5.41 Å². The summed E-state index contributed by atoms with van der Waals surface area (Å²) < 4.78 is 0. The minimum Gasteiger partial charge on any atom is -0.393 e. The highest BCUT2D eigenvalue weighted by molar-refractivity contribution is 5.06. The second kappa shape index (κ2) is 5.67. The smallest absolute Gasteiger partial charge is 0.0582 e. The van der Waals surface area contributed by atoms with E-state index in [1.165, 1.54) is 11.1 Å². The fraction of sp³-hybridized carbons (Fsp3) is 0.733. The van der Waals surface area contributed by atoms with Gasteiger partial charge in [-0.2, -0.15) is 0 Å². The van der Waals surface area contributed by atoms with Crippen LogP contribution in [-0.2, 0) is 0 Å². The molecule has 1 unspecified atom stereocenters. The number of aliphatic hydroxyl groups is 1. The van der Waals surface area contributed by atoms with Crippen molar-refractivity contribution in [2.45, 2.75) is 65.9 Å². The maximum Gasteiger partial charge on any atom is 0.0582 e. The van der Waals surface area contributed by atoms with Gasteiger partial charge in [-0.05, 0) is 51.4 Å². The van der Waals surface area contributed by atoms with Gasteiger partial charge in [0.15, 0.2) is 0 Å². The van der Waals surface area contributed by atoms with E-state index >= 15 is 0 Å². The van der Waals surface area contributed by atoms with Crippen LogP contribution in [0, 0.1) is 5.41 Å². The summed E-state index contributed by atoms with van der Waals surface area (Å²) >= 11 is 0. The van der Waals surface area contributed by atoms with Gasteiger partial charge in [0.05, 0.1) is 6.10 Å². The van der Waals surface area contributed by atoms with Crippen molar-refractivity contribution >= 4 is 0 Å². The predicted molar refractivity (Wildman–Crippen MR) is 70.4 cm³/mol. The van der Waals surface area contributed by atoms with Crippen molar-refractivity contribution < 1.29 is 5.11 Å². The molecule has 0 fully saturated rings. The second-order valence-electron chi connectivity index (χ2n) is 6.07. The first-order valence-electron chi connectivity index (χ1n) is 6.38. The quantitative estimate of drug-likeness (QED) is 0.608. The van der Waals surface area contributed by atoms with Gasteiger partial charge in [0.1, 0.15) is 0 Å². The van der Waals surface area contributed by atoms with Crippen LogP contribution in [-0.4, -0.2) is 11.2 Å². The molecule has 1 atom stereocenters. The van der Waals surface area contributed by atoms with Crippen LogP contribution >= 0.6 is 0 Å². The Morgan fingerprint density at radius 2 is 1.88 bits per heavy atom. The molecule has 0 heterocycles. The zero-order chi connectivity index (χ0) is 12.2. The molecule has 0 aromatic rings. The fourth-order valence-corrected chi connectivity index (χ4v) is 2.35. The minimum absolute atomic E-state index is 0.182. The molecule has 1 heteroatoms. The Kier molecular flexibility index (Phi) is 4.79. The Bertz CT molecular complexity index is 284. The number of allylic oxidation sites excluding steroid dienone is 3. The number of rotatable bonds is 0. The van der Waals surface area contributed by atoms with E-state index in [0.717, 1.165) is 32.1 Å². The fourth-order valence-electron chi connectivity index (χ4n) is 2.35. The summed E-state index contributed by atoms with van der Waals surface area (Å²) in [5.41, 5.74) is 3.03. The highest BCUT2D eigenvalue weighted by Gasteiger charge is 2.21. The minimum atomic E-state index is -0.182. The van der Waals surface area contributed by atoms with Gasteiger partial charge < -0.3 is 5.11 Å². The molecule has 1 aliphatic rings. The largest absolute Gasteiger partial charge is 0.393 e. The topological polar surface area (TPSA) is 20.2 Å². The molecule has 0 saturated carbocycles. The summed E-state index contributed by atoms with van der Waals surface area (Å²) in [6.07, 6.45) is 9.52. The van der Waals surface area contributed by atoms with Gasteiger partial charge in [-0.3, -0.25) is 0 Å². The van der Waals surface area contributed by atoms with E-state index < -0.39 is 0 Å². The van der Waals surface area contributed by atoms with Crippen molar-refractivity contribution in [1.82, 2.24) is 0 Å². The lowest BCUT2D eigenvalue weighted by Gasteiger charge is -2.26. The molecule has 1 aliphatic carbocycles. The lowest BCUT2D eigenvalue weighted by molar-refractivity contribution is 0.115. The van der Waals surface area contributed by atoms with E-state index in [1.807, 2.05) is 0 Å². The van der Waals surface area contributed by atoms with Crippen LogP contribution in [0.3, 0.4) is 0 Å². The monoisotopic (exact) mass is 222 g/mol. The Morgan fingerprint density at radius 3 is 2.56 bits per heavy atom. The number of aliphatic hydroxyl groups excluding tert-OH is 1. The molecule has 92 valence electrons. The van der Waals surface area contributed by atoms with Crippen molar-refractivity contribution in [3.8, 4) is 0 Å². The molecule has 16 heavy (non-hydrogen) atoms. The van der Waals surface area contributed by atoms with Gasteiger partial charge >= 0.3 is 0 Å². The molecule has 0 amide bonds. The molecule has 0 aromatic heterocycles. The Morgan fingerprint density at radius 1 is 1.19 bits per heavy atom. The molecular weight excluding hydrogens is 196 g/mol. The normalized spacial score (nSPS) is 27.7. The molecule has 0 spiro atoms. The lowest BCUT2D eigenvalue weighted by atomic mass is 9.82. The van der Waals surface area contributed by atoms with Gasteiger partial charge in [0.2, 0.25) is 0 Å². The van der Waals surface area contributed by atoms with Crippen LogP contribution in [0.4, 0.5) is 0 Å². The number of hydrogen-bond donors (Lipinski definition) is 1. The molecule has 0 radical (unpaired) electrons. The lowest BCUT2D eigenvalue weighted by Crippen LogP contribution is -2.20. The van der Waals surface area contributed by atoms with Crippen LogP contribution in [0.2, 0.25) is 0 Å². The first-order chi connectivity index (χ1) is 7.39. The third-order valence-corrected chi connectivity index (χ3v) is 3.38. The molecule has 0 saturated heterocycles. The summed E-state index contributed by atoms with van der Waals surface area (Å²) in [4.78, 5) is 0. The van der Waals surface area contributed by atoms with E-state index in [0.29, 0.717) is 0 Å².